The molecule has 0 bridgehead atoms. The Labute approximate surface area is 111 Å². The van der Waals surface area contributed by atoms with Crippen LogP contribution in [0.5, 0.6) is 0 Å². The second-order valence-corrected chi connectivity index (χ2v) is 7.41. The van der Waals surface area contributed by atoms with Gasteiger partial charge in [-0.1, -0.05) is 13.8 Å². The molecule has 0 radical (unpaired) electrons. The minimum Gasteiger partial charge on any atom is -0.376 e. The maximum atomic E-state index is 12.0. The summed E-state index contributed by atoms with van der Waals surface area (Å²) in [5.74, 6) is 0.162. The van der Waals surface area contributed by atoms with Crippen LogP contribution in [-0.2, 0) is 14.8 Å². The fourth-order valence-electron chi connectivity index (χ4n) is 2.03. The predicted molar refractivity (Wildman–Crippen MR) is 73.1 cm³/mol. The zero-order chi connectivity index (χ0) is 13.8. The molecule has 0 spiro atoms. The second kappa shape index (κ2) is 6.32. The van der Waals surface area contributed by atoms with Crippen LogP contribution in [0, 0.1) is 0 Å². The van der Waals surface area contributed by atoms with E-state index in [2.05, 4.69) is 10.0 Å². The van der Waals surface area contributed by atoms with Crippen LogP contribution < -0.4 is 10.0 Å². The summed E-state index contributed by atoms with van der Waals surface area (Å²) < 4.78 is 32.2. The van der Waals surface area contributed by atoms with Crippen LogP contribution in [-0.4, -0.2) is 45.0 Å². The summed E-state index contributed by atoms with van der Waals surface area (Å²) in [5, 5.41) is 3.21. The van der Waals surface area contributed by atoms with E-state index in [4.69, 9.17) is 4.74 Å². The van der Waals surface area contributed by atoms with Crippen LogP contribution >= 0.6 is 0 Å². The molecule has 0 aliphatic carbocycles. The van der Waals surface area contributed by atoms with E-state index in [9.17, 15) is 8.42 Å². The number of nitrogens with one attached hydrogen (secondary N) is 2. The molecule has 1 fully saturated rings. The lowest BCUT2D eigenvalue weighted by molar-refractivity contribution is 0.0957. The Hall–Kier alpha value is -0.170. The first kappa shape index (κ1) is 15.9. The lowest BCUT2D eigenvalue weighted by Gasteiger charge is -2.28. The molecule has 0 aromatic heterocycles. The highest BCUT2D eigenvalue weighted by molar-refractivity contribution is 7.89. The van der Waals surface area contributed by atoms with E-state index in [1.807, 2.05) is 27.7 Å². The normalized spacial score (nSPS) is 29.1. The van der Waals surface area contributed by atoms with Crippen molar-refractivity contribution < 1.29 is 13.2 Å². The molecule has 1 aliphatic heterocycles. The molecule has 2 atom stereocenters. The Balaban J connectivity index is 2.40. The maximum absolute atomic E-state index is 12.0. The monoisotopic (exact) mass is 278 g/mol. The first-order chi connectivity index (χ1) is 8.25. The zero-order valence-electron chi connectivity index (χ0n) is 11.8. The van der Waals surface area contributed by atoms with Gasteiger partial charge in [0.2, 0.25) is 10.0 Å². The molecule has 5 nitrogen and oxygen atoms in total. The molecule has 1 aliphatic rings. The van der Waals surface area contributed by atoms with Crippen LogP contribution in [0.1, 0.15) is 40.5 Å². The standard InChI is InChI=1S/C12H26N2O3S/c1-10(2)13-7-5-9-18(15,16)14-12(4)6-8-17-11(12)3/h10-11,13-14H,5-9H2,1-4H3. The Kier molecular flexibility index (Phi) is 5.58. The van der Waals surface area contributed by atoms with Gasteiger partial charge in [-0.2, -0.15) is 0 Å². The minimum absolute atomic E-state index is 0.0685. The molecule has 18 heavy (non-hydrogen) atoms. The lowest BCUT2D eigenvalue weighted by atomic mass is 9.97. The molecule has 0 aromatic carbocycles. The summed E-state index contributed by atoms with van der Waals surface area (Å²) in [4.78, 5) is 0. The number of sulfonamides is 1. The fraction of sp³-hybridized carbons (Fsp3) is 1.00. The van der Waals surface area contributed by atoms with Crippen molar-refractivity contribution in [2.45, 2.75) is 58.2 Å². The highest BCUT2D eigenvalue weighted by atomic mass is 32.2. The number of rotatable bonds is 7. The molecule has 1 saturated heterocycles. The van der Waals surface area contributed by atoms with Gasteiger partial charge in [-0.15, -0.1) is 0 Å². The van der Waals surface area contributed by atoms with Gasteiger partial charge in [-0.05, 0) is 33.2 Å². The van der Waals surface area contributed by atoms with Gasteiger partial charge >= 0.3 is 0 Å². The number of hydrogen-bond acceptors (Lipinski definition) is 4. The number of hydrogen-bond donors (Lipinski definition) is 2. The van der Waals surface area contributed by atoms with Gasteiger partial charge in [0.1, 0.15) is 0 Å². The van der Waals surface area contributed by atoms with E-state index in [0.29, 0.717) is 19.1 Å². The van der Waals surface area contributed by atoms with Crippen LogP contribution in [0.15, 0.2) is 0 Å². The van der Waals surface area contributed by atoms with E-state index < -0.39 is 15.6 Å². The van der Waals surface area contributed by atoms with Gasteiger partial charge in [0, 0.05) is 12.6 Å². The van der Waals surface area contributed by atoms with Gasteiger partial charge in [-0.25, -0.2) is 13.1 Å². The third-order valence-electron chi connectivity index (χ3n) is 3.42. The molecular weight excluding hydrogens is 252 g/mol. The summed E-state index contributed by atoms with van der Waals surface area (Å²) in [6, 6.07) is 0.390. The zero-order valence-corrected chi connectivity index (χ0v) is 12.6. The third kappa shape index (κ3) is 4.84. The van der Waals surface area contributed by atoms with Crippen molar-refractivity contribution in [2.24, 2.45) is 0 Å². The Bertz CT molecular complexity index is 356. The van der Waals surface area contributed by atoms with E-state index >= 15 is 0 Å². The van der Waals surface area contributed by atoms with Crippen molar-refractivity contribution in [3.05, 3.63) is 0 Å². The largest absolute Gasteiger partial charge is 0.376 e. The fourth-order valence-corrected chi connectivity index (χ4v) is 3.63. The quantitative estimate of drug-likeness (QED) is 0.678. The summed E-state index contributed by atoms with van der Waals surface area (Å²) in [5.41, 5.74) is -0.454. The molecule has 1 rings (SSSR count). The minimum atomic E-state index is -3.22. The maximum Gasteiger partial charge on any atom is 0.212 e. The Morgan fingerprint density at radius 3 is 2.61 bits per heavy atom. The van der Waals surface area contributed by atoms with Gasteiger partial charge in [0.05, 0.1) is 17.4 Å². The van der Waals surface area contributed by atoms with E-state index in [1.54, 1.807) is 0 Å². The van der Waals surface area contributed by atoms with Crippen molar-refractivity contribution >= 4 is 10.0 Å². The predicted octanol–water partition coefficient (Wildman–Crippen LogP) is 0.861. The Morgan fingerprint density at radius 2 is 2.11 bits per heavy atom. The molecule has 108 valence electrons. The third-order valence-corrected chi connectivity index (χ3v) is 5.02. The molecule has 0 saturated carbocycles. The van der Waals surface area contributed by atoms with Gasteiger partial charge in [-0.3, -0.25) is 0 Å². The molecule has 2 unspecified atom stereocenters. The van der Waals surface area contributed by atoms with Gasteiger partial charge in [0.15, 0.2) is 0 Å². The van der Waals surface area contributed by atoms with Crippen molar-refractivity contribution in [1.29, 1.82) is 0 Å². The van der Waals surface area contributed by atoms with Crippen molar-refractivity contribution in [2.75, 3.05) is 18.9 Å². The highest BCUT2D eigenvalue weighted by Crippen LogP contribution is 2.25. The molecule has 2 N–H and O–H groups in total. The van der Waals surface area contributed by atoms with Crippen molar-refractivity contribution in [3.8, 4) is 0 Å². The van der Waals surface area contributed by atoms with Crippen molar-refractivity contribution in [3.63, 3.8) is 0 Å². The van der Waals surface area contributed by atoms with Crippen molar-refractivity contribution in [1.82, 2.24) is 10.0 Å². The van der Waals surface area contributed by atoms with Crippen LogP contribution in [0.4, 0.5) is 0 Å². The molecule has 1 heterocycles. The van der Waals surface area contributed by atoms with Gasteiger partial charge in [0.25, 0.3) is 0 Å². The van der Waals surface area contributed by atoms with E-state index in [0.717, 1.165) is 13.0 Å². The SMILES string of the molecule is CC(C)NCCCS(=O)(=O)NC1(C)CCOC1C. The topological polar surface area (TPSA) is 67.4 Å². The van der Waals surface area contributed by atoms with Crippen LogP contribution in [0.2, 0.25) is 0 Å². The number of ether oxygens (including phenoxy) is 1. The van der Waals surface area contributed by atoms with E-state index in [-0.39, 0.29) is 11.9 Å². The smallest absolute Gasteiger partial charge is 0.212 e. The summed E-state index contributed by atoms with van der Waals surface area (Å²) >= 11 is 0. The van der Waals surface area contributed by atoms with Gasteiger partial charge < -0.3 is 10.1 Å². The average Bonchev–Trinajstić information content (AvgIpc) is 2.53. The lowest BCUT2D eigenvalue weighted by Crippen LogP contribution is -2.51. The Morgan fingerprint density at radius 1 is 1.44 bits per heavy atom. The van der Waals surface area contributed by atoms with Crippen LogP contribution in [0.25, 0.3) is 0 Å². The first-order valence-corrected chi connectivity index (χ1v) is 8.27. The second-order valence-electron chi connectivity index (χ2n) is 5.56. The summed E-state index contributed by atoms with van der Waals surface area (Å²) in [6.45, 7) is 9.26. The summed E-state index contributed by atoms with van der Waals surface area (Å²) in [7, 11) is -3.22. The summed E-state index contributed by atoms with van der Waals surface area (Å²) in [6.07, 6.45) is 1.29. The molecule has 0 amide bonds. The average molecular weight is 278 g/mol. The molecule has 0 aromatic rings. The molecular formula is C12H26N2O3S. The molecule has 6 heteroatoms. The first-order valence-electron chi connectivity index (χ1n) is 6.62. The highest BCUT2D eigenvalue weighted by Gasteiger charge is 2.39. The van der Waals surface area contributed by atoms with Crippen LogP contribution in [0.3, 0.4) is 0 Å². The van der Waals surface area contributed by atoms with E-state index in [1.165, 1.54) is 0 Å².